The Labute approximate surface area is 142 Å². The lowest BCUT2D eigenvalue weighted by Crippen LogP contribution is -2.34. The summed E-state index contributed by atoms with van der Waals surface area (Å²) in [6, 6.07) is 7.73. The zero-order valence-electron chi connectivity index (χ0n) is 12.2. The van der Waals surface area contributed by atoms with Crippen LogP contribution in [0.3, 0.4) is 0 Å². The van der Waals surface area contributed by atoms with Gasteiger partial charge in [-0.2, -0.15) is 0 Å². The van der Waals surface area contributed by atoms with Crippen molar-refractivity contribution < 1.29 is 4.79 Å². The first-order valence-electron chi connectivity index (χ1n) is 6.89. The Bertz CT molecular complexity index is 486. The number of nitrogens with two attached hydrogens (primary N) is 1. The maximum absolute atomic E-state index is 12.2. The number of nitrogens with zero attached hydrogens (tertiary/aromatic N) is 1. The van der Waals surface area contributed by atoms with Gasteiger partial charge in [-0.15, -0.1) is 24.2 Å². The van der Waals surface area contributed by atoms with E-state index < -0.39 is 0 Å². The standard InChI is InChI=1S/C15H21ClN2OS.ClH/c1-15(10-17)7-8-18(11-15)14(19)6-9-20-13-5-3-2-4-12(13)16;/h2-5H,6-11,17H2,1H3;1H. The van der Waals surface area contributed by atoms with Crippen LogP contribution in [0.2, 0.25) is 5.02 Å². The number of rotatable bonds is 5. The highest BCUT2D eigenvalue weighted by atomic mass is 35.5. The molecule has 1 unspecified atom stereocenters. The van der Waals surface area contributed by atoms with Crippen LogP contribution in [0.4, 0.5) is 0 Å². The molecule has 3 nitrogen and oxygen atoms in total. The van der Waals surface area contributed by atoms with Crippen molar-refractivity contribution in [1.82, 2.24) is 4.90 Å². The monoisotopic (exact) mass is 348 g/mol. The van der Waals surface area contributed by atoms with Crippen molar-refractivity contribution in [2.45, 2.75) is 24.7 Å². The molecule has 1 saturated heterocycles. The van der Waals surface area contributed by atoms with E-state index in [4.69, 9.17) is 17.3 Å². The molecule has 1 aromatic rings. The van der Waals surface area contributed by atoms with Crippen LogP contribution in [-0.4, -0.2) is 36.2 Å². The molecule has 1 atom stereocenters. The lowest BCUT2D eigenvalue weighted by molar-refractivity contribution is -0.130. The number of halogens is 2. The van der Waals surface area contributed by atoms with Gasteiger partial charge in [0.2, 0.25) is 5.91 Å². The predicted molar refractivity (Wildman–Crippen MR) is 92.4 cm³/mol. The summed E-state index contributed by atoms with van der Waals surface area (Å²) in [7, 11) is 0. The van der Waals surface area contributed by atoms with Crippen molar-refractivity contribution in [3.05, 3.63) is 29.3 Å². The van der Waals surface area contributed by atoms with Crippen LogP contribution in [0.15, 0.2) is 29.2 Å². The Hall–Kier alpha value is -0.420. The van der Waals surface area contributed by atoms with Crippen molar-refractivity contribution in [1.29, 1.82) is 0 Å². The smallest absolute Gasteiger partial charge is 0.223 e. The van der Waals surface area contributed by atoms with E-state index in [2.05, 4.69) is 6.92 Å². The quantitative estimate of drug-likeness (QED) is 0.829. The number of hydrogen-bond acceptors (Lipinski definition) is 3. The number of carbonyl (C=O) groups is 1. The van der Waals surface area contributed by atoms with Crippen LogP contribution in [0.25, 0.3) is 0 Å². The van der Waals surface area contributed by atoms with E-state index >= 15 is 0 Å². The zero-order valence-corrected chi connectivity index (χ0v) is 14.6. The second kappa shape index (κ2) is 8.28. The molecule has 2 N–H and O–H groups in total. The second-order valence-electron chi connectivity index (χ2n) is 5.61. The highest BCUT2D eigenvalue weighted by Crippen LogP contribution is 2.30. The highest BCUT2D eigenvalue weighted by molar-refractivity contribution is 7.99. The van der Waals surface area contributed by atoms with Gasteiger partial charge in [-0.25, -0.2) is 0 Å². The normalized spacial score (nSPS) is 21.2. The topological polar surface area (TPSA) is 46.3 Å². The van der Waals surface area contributed by atoms with E-state index in [1.165, 1.54) is 0 Å². The molecule has 0 spiro atoms. The van der Waals surface area contributed by atoms with Gasteiger partial charge in [0.15, 0.2) is 0 Å². The molecule has 1 heterocycles. The van der Waals surface area contributed by atoms with E-state index in [9.17, 15) is 4.79 Å². The molecule has 1 aliphatic heterocycles. The minimum absolute atomic E-state index is 0. The van der Waals surface area contributed by atoms with Crippen molar-refractivity contribution >= 4 is 41.7 Å². The lowest BCUT2D eigenvalue weighted by atomic mass is 9.90. The third-order valence-electron chi connectivity index (χ3n) is 3.81. The first-order chi connectivity index (χ1) is 9.54. The third kappa shape index (κ3) is 5.06. The van der Waals surface area contributed by atoms with Gasteiger partial charge in [0.25, 0.3) is 0 Å². The summed E-state index contributed by atoms with van der Waals surface area (Å²) >= 11 is 7.73. The number of likely N-dealkylation sites (tertiary alicyclic amines) is 1. The van der Waals surface area contributed by atoms with E-state index in [1.54, 1.807) is 11.8 Å². The van der Waals surface area contributed by atoms with Crippen molar-refractivity contribution in [2.75, 3.05) is 25.4 Å². The Morgan fingerprint density at radius 1 is 1.48 bits per heavy atom. The molecule has 0 radical (unpaired) electrons. The SMILES string of the molecule is CC1(CN)CCN(C(=O)CCSc2ccccc2Cl)C1.Cl. The van der Waals surface area contributed by atoms with Gasteiger partial charge < -0.3 is 10.6 Å². The Morgan fingerprint density at radius 2 is 2.19 bits per heavy atom. The van der Waals surface area contributed by atoms with Gasteiger partial charge >= 0.3 is 0 Å². The van der Waals surface area contributed by atoms with Crippen LogP contribution in [-0.2, 0) is 4.79 Å². The van der Waals surface area contributed by atoms with Gasteiger partial charge in [0, 0.05) is 30.2 Å². The molecule has 0 saturated carbocycles. The molecule has 0 aromatic heterocycles. The van der Waals surface area contributed by atoms with Gasteiger partial charge in [0.1, 0.15) is 0 Å². The molecule has 2 rings (SSSR count). The first-order valence-corrected chi connectivity index (χ1v) is 8.26. The van der Waals surface area contributed by atoms with Crippen LogP contribution in [0.5, 0.6) is 0 Å². The van der Waals surface area contributed by atoms with Gasteiger partial charge in [-0.1, -0.05) is 30.7 Å². The summed E-state index contributed by atoms with van der Waals surface area (Å²) in [4.78, 5) is 15.1. The maximum atomic E-state index is 12.2. The van der Waals surface area contributed by atoms with E-state index in [0.717, 1.165) is 35.2 Å². The van der Waals surface area contributed by atoms with Crippen molar-refractivity contribution in [2.24, 2.45) is 11.1 Å². The molecule has 1 aromatic carbocycles. The van der Waals surface area contributed by atoms with Gasteiger partial charge in [0.05, 0.1) is 5.02 Å². The average Bonchev–Trinajstić information content (AvgIpc) is 2.84. The molecule has 1 fully saturated rings. The molecule has 1 amide bonds. The van der Waals surface area contributed by atoms with Crippen molar-refractivity contribution in [3.63, 3.8) is 0 Å². The largest absolute Gasteiger partial charge is 0.342 e. The number of hydrogen-bond donors (Lipinski definition) is 1. The molecule has 21 heavy (non-hydrogen) atoms. The highest BCUT2D eigenvalue weighted by Gasteiger charge is 2.34. The van der Waals surface area contributed by atoms with E-state index in [-0.39, 0.29) is 23.7 Å². The third-order valence-corrected chi connectivity index (χ3v) is 5.33. The number of carbonyl (C=O) groups excluding carboxylic acids is 1. The maximum Gasteiger partial charge on any atom is 0.223 e. The summed E-state index contributed by atoms with van der Waals surface area (Å²) in [5, 5.41) is 0.752. The van der Waals surface area contributed by atoms with Gasteiger partial charge in [-0.05, 0) is 30.5 Å². The zero-order chi connectivity index (χ0) is 14.6. The van der Waals surface area contributed by atoms with E-state index in [0.29, 0.717) is 13.0 Å². The fourth-order valence-corrected chi connectivity index (χ4v) is 3.55. The summed E-state index contributed by atoms with van der Waals surface area (Å²) in [6.45, 7) is 4.42. The van der Waals surface area contributed by atoms with Gasteiger partial charge in [-0.3, -0.25) is 4.79 Å². The summed E-state index contributed by atoms with van der Waals surface area (Å²) in [5.74, 6) is 0.986. The molecule has 6 heteroatoms. The summed E-state index contributed by atoms with van der Waals surface area (Å²) < 4.78 is 0. The molecule has 1 aliphatic rings. The number of amides is 1. The molecule has 0 aliphatic carbocycles. The molecule has 0 bridgehead atoms. The van der Waals surface area contributed by atoms with Crippen LogP contribution >= 0.6 is 35.8 Å². The average molecular weight is 349 g/mol. The number of benzene rings is 1. The van der Waals surface area contributed by atoms with Crippen molar-refractivity contribution in [3.8, 4) is 0 Å². The minimum Gasteiger partial charge on any atom is -0.342 e. The summed E-state index contributed by atoms with van der Waals surface area (Å²) in [5.41, 5.74) is 5.87. The predicted octanol–water partition coefficient (Wildman–Crippen LogP) is 3.44. The minimum atomic E-state index is 0. The Kier molecular flexibility index (Phi) is 7.34. The molecular formula is C15H22Cl2N2OS. The Balaban J connectivity index is 0.00000220. The lowest BCUT2D eigenvalue weighted by Gasteiger charge is -2.22. The number of thioether (sulfide) groups is 1. The fourth-order valence-electron chi connectivity index (χ4n) is 2.37. The molecule has 118 valence electrons. The first kappa shape index (κ1) is 18.6. The fraction of sp³-hybridized carbons (Fsp3) is 0.533. The van der Waals surface area contributed by atoms with Crippen LogP contribution in [0, 0.1) is 5.41 Å². The second-order valence-corrected chi connectivity index (χ2v) is 7.15. The Morgan fingerprint density at radius 3 is 2.81 bits per heavy atom. The summed E-state index contributed by atoms with van der Waals surface area (Å²) in [6.07, 6.45) is 1.56. The van der Waals surface area contributed by atoms with Crippen LogP contribution < -0.4 is 5.73 Å². The molecular weight excluding hydrogens is 327 g/mol. The van der Waals surface area contributed by atoms with Crippen LogP contribution in [0.1, 0.15) is 19.8 Å². The van der Waals surface area contributed by atoms with E-state index in [1.807, 2.05) is 29.2 Å².